The molecule has 88 valence electrons. The molecule has 1 aromatic carbocycles. The molecule has 0 spiro atoms. The van der Waals surface area contributed by atoms with Gasteiger partial charge in [-0.2, -0.15) is 13.2 Å². The van der Waals surface area contributed by atoms with Crippen molar-refractivity contribution >= 4 is 17.4 Å². The van der Waals surface area contributed by atoms with Gasteiger partial charge in [0.1, 0.15) is 11.3 Å². The van der Waals surface area contributed by atoms with Gasteiger partial charge >= 0.3 is 6.18 Å². The average molecular weight is 253 g/mol. The Morgan fingerprint density at radius 2 is 1.94 bits per heavy atom. The number of alkyl halides is 3. The lowest BCUT2D eigenvalue weighted by molar-refractivity contribution is -0.138. The fraction of sp³-hybridized carbons (Fsp3) is 0.300. The second-order valence-corrected chi connectivity index (χ2v) is 3.50. The quantitative estimate of drug-likeness (QED) is 0.752. The first kappa shape index (κ1) is 12.8. The molecule has 0 atom stereocenters. The number of hydrogen-bond acceptors (Lipinski definition) is 2. The maximum absolute atomic E-state index is 12.6. The molecule has 0 bridgehead atoms. The summed E-state index contributed by atoms with van der Waals surface area (Å²) in [6.07, 6.45) is -4.61. The predicted molar refractivity (Wildman–Crippen MR) is 53.0 cm³/mol. The summed E-state index contributed by atoms with van der Waals surface area (Å²) >= 11 is 5.49. The van der Waals surface area contributed by atoms with Gasteiger partial charge in [0.05, 0.1) is 12.1 Å². The molecule has 1 aromatic rings. The summed E-state index contributed by atoms with van der Waals surface area (Å²) in [7, 11) is 1.09. The van der Waals surface area contributed by atoms with E-state index in [2.05, 4.69) is 4.74 Å². The predicted octanol–water partition coefficient (Wildman–Crippen LogP) is 3.57. The van der Waals surface area contributed by atoms with Crippen LogP contribution in [-0.2, 0) is 6.18 Å². The maximum atomic E-state index is 12.6. The van der Waals surface area contributed by atoms with Gasteiger partial charge in [0.25, 0.3) is 0 Å². The molecule has 0 saturated heterocycles. The number of carbonyl (C=O) groups is 1. The summed E-state index contributed by atoms with van der Waals surface area (Å²) in [4.78, 5) is 11.0. The van der Waals surface area contributed by atoms with E-state index >= 15 is 0 Å². The standard InChI is InChI=1S/C10H8ClF3O2/c1-5(15)6-3-7(11)9(10(12,13)14)8(4-6)16-2/h3-4H,1-2H3. The molecular weight excluding hydrogens is 245 g/mol. The van der Waals surface area contributed by atoms with Crippen LogP contribution in [0.2, 0.25) is 5.02 Å². The van der Waals surface area contributed by atoms with E-state index < -0.39 is 22.5 Å². The number of ketones is 1. The molecule has 2 nitrogen and oxygen atoms in total. The van der Waals surface area contributed by atoms with E-state index in [1.807, 2.05) is 0 Å². The van der Waals surface area contributed by atoms with Gasteiger partial charge in [0, 0.05) is 5.56 Å². The van der Waals surface area contributed by atoms with Crippen molar-refractivity contribution in [3.8, 4) is 5.75 Å². The molecule has 0 aromatic heterocycles. The SMILES string of the molecule is COc1cc(C(C)=O)cc(Cl)c1C(F)(F)F. The molecule has 0 unspecified atom stereocenters. The average Bonchev–Trinajstić information content (AvgIpc) is 2.14. The number of benzene rings is 1. The van der Waals surface area contributed by atoms with Gasteiger partial charge < -0.3 is 4.74 Å². The monoisotopic (exact) mass is 252 g/mol. The first-order valence-electron chi connectivity index (χ1n) is 4.23. The maximum Gasteiger partial charge on any atom is 0.421 e. The molecule has 16 heavy (non-hydrogen) atoms. The Kier molecular flexibility index (Phi) is 3.48. The highest BCUT2D eigenvalue weighted by molar-refractivity contribution is 6.32. The van der Waals surface area contributed by atoms with Crippen LogP contribution in [0, 0.1) is 0 Å². The normalized spacial score (nSPS) is 11.4. The van der Waals surface area contributed by atoms with Crippen LogP contribution in [0.15, 0.2) is 12.1 Å². The van der Waals surface area contributed by atoms with E-state index in [0.717, 1.165) is 19.2 Å². The molecule has 1 rings (SSSR count). The van der Waals surface area contributed by atoms with Gasteiger partial charge in [0.15, 0.2) is 5.78 Å². The molecule has 0 radical (unpaired) electrons. The van der Waals surface area contributed by atoms with Crippen LogP contribution in [0.4, 0.5) is 13.2 Å². The van der Waals surface area contributed by atoms with Gasteiger partial charge in [-0.15, -0.1) is 0 Å². The number of Topliss-reactive ketones (excluding diaryl/α,β-unsaturated/α-hetero) is 1. The molecule has 0 aliphatic rings. The van der Waals surface area contributed by atoms with Crippen molar-refractivity contribution in [3.05, 3.63) is 28.3 Å². The van der Waals surface area contributed by atoms with Crippen LogP contribution in [0.25, 0.3) is 0 Å². The minimum absolute atomic E-state index is 0.0786. The Bertz CT molecular complexity index is 427. The van der Waals surface area contributed by atoms with Crippen LogP contribution in [-0.4, -0.2) is 12.9 Å². The lowest BCUT2D eigenvalue weighted by Gasteiger charge is -2.14. The summed E-state index contributed by atoms with van der Waals surface area (Å²) < 4.78 is 42.3. The highest BCUT2D eigenvalue weighted by Crippen LogP contribution is 2.41. The van der Waals surface area contributed by atoms with Crippen molar-refractivity contribution < 1.29 is 22.7 Å². The third-order valence-corrected chi connectivity index (χ3v) is 2.26. The smallest absolute Gasteiger partial charge is 0.421 e. The molecule has 0 N–H and O–H groups in total. The second-order valence-electron chi connectivity index (χ2n) is 3.09. The zero-order valence-electron chi connectivity index (χ0n) is 8.48. The van der Waals surface area contributed by atoms with Gasteiger partial charge in [-0.3, -0.25) is 4.79 Å². The fourth-order valence-corrected chi connectivity index (χ4v) is 1.54. The third-order valence-electron chi connectivity index (χ3n) is 1.96. The topological polar surface area (TPSA) is 26.3 Å². The number of hydrogen-bond donors (Lipinski definition) is 0. The van der Waals surface area contributed by atoms with Crippen LogP contribution in [0.3, 0.4) is 0 Å². The number of ether oxygens (including phenoxy) is 1. The zero-order chi connectivity index (χ0) is 12.5. The lowest BCUT2D eigenvalue weighted by Crippen LogP contribution is -2.09. The largest absolute Gasteiger partial charge is 0.496 e. The molecule has 0 heterocycles. The second kappa shape index (κ2) is 4.33. The Morgan fingerprint density at radius 3 is 2.31 bits per heavy atom. The summed E-state index contributed by atoms with van der Waals surface area (Å²) in [6.45, 7) is 1.23. The minimum Gasteiger partial charge on any atom is -0.496 e. The summed E-state index contributed by atoms with van der Waals surface area (Å²) in [6, 6.07) is 2.01. The van der Waals surface area contributed by atoms with Crippen molar-refractivity contribution in [3.63, 3.8) is 0 Å². The van der Waals surface area contributed by atoms with Crippen molar-refractivity contribution in [2.24, 2.45) is 0 Å². The number of carbonyl (C=O) groups excluding carboxylic acids is 1. The first-order chi connectivity index (χ1) is 7.27. The van der Waals surface area contributed by atoms with Crippen LogP contribution in [0.5, 0.6) is 5.75 Å². The lowest BCUT2D eigenvalue weighted by atomic mass is 10.1. The zero-order valence-corrected chi connectivity index (χ0v) is 9.24. The summed E-state index contributed by atoms with van der Waals surface area (Å²) in [5.74, 6) is -0.834. The van der Waals surface area contributed by atoms with Gasteiger partial charge in [-0.05, 0) is 19.1 Å². The molecule has 0 aliphatic heterocycles. The van der Waals surface area contributed by atoms with Gasteiger partial charge in [-0.1, -0.05) is 11.6 Å². The molecule has 0 fully saturated rings. The Hall–Kier alpha value is -1.23. The van der Waals surface area contributed by atoms with Crippen molar-refractivity contribution in [2.45, 2.75) is 13.1 Å². The van der Waals surface area contributed by atoms with Gasteiger partial charge in [-0.25, -0.2) is 0 Å². The molecular formula is C10H8ClF3O2. The van der Waals surface area contributed by atoms with Crippen molar-refractivity contribution in [1.29, 1.82) is 0 Å². The highest BCUT2D eigenvalue weighted by Gasteiger charge is 2.37. The highest BCUT2D eigenvalue weighted by atomic mass is 35.5. The van der Waals surface area contributed by atoms with E-state index in [1.54, 1.807) is 0 Å². The number of halogens is 4. The van der Waals surface area contributed by atoms with E-state index in [4.69, 9.17) is 11.6 Å². The van der Waals surface area contributed by atoms with Crippen LogP contribution < -0.4 is 4.74 Å². The molecule has 0 saturated carbocycles. The first-order valence-corrected chi connectivity index (χ1v) is 4.61. The van der Waals surface area contributed by atoms with Gasteiger partial charge in [0.2, 0.25) is 0 Å². The van der Waals surface area contributed by atoms with Crippen molar-refractivity contribution in [2.75, 3.05) is 7.11 Å². The van der Waals surface area contributed by atoms with Crippen molar-refractivity contribution in [1.82, 2.24) is 0 Å². The summed E-state index contributed by atoms with van der Waals surface area (Å²) in [5, 5.41) is -0.544. The fourth-order valence-electron chi connectivity index (χ4n) is 1.22. The molecule has 6 heteroatoms. The third kappa shape index (κ3) is 2.47. The van der Waals surface area contributed by atoms with E-state index in [0.29, 0.717) is 0 Å². The summed E-state index contributed by atoms with van der Waals surface area (Å²) in [5.41, 5.74) is -0.989. The van der Waals surface area contributed by atoms with Crippen LogP contribution >= 0.6 is 11.6 Å². The van der Waals surface area contributed by atoms with E-state index in [9.17, 15) is 18.0 Å². The minimum atomic E-state index is -4.61. The Morgan fingerprint density at radius 1 is 1.38 bits per heavy atom. The molecule has 0 aliphatic carbocycles. The Labute approximate surface area is 95.0 Å². The van der Waals surface area contributed by atoms with E-state index in [-0.39, 0.29) is 11.3 Å². The number of rotatable bonds is 2. The Balaban J connectivity index is 3.46. The number of methoxy groups -OCH3 is 1. The molecule has 0 amide bonds. The van der Waals surface area contributed by atoms with Crippen LogP contribution in [0.1, 0.15) is 22.8 Å². The van der Waals surface area contributed by atoms with E-state index in [1.165, 1.54) is 6.92 Å².